The quantitative estimate of drug-likeness (QED) is 0.848. The van der Waals surface area contributed by atoms with E-state index in [-0.39, 0.29) is 6.04 Å². The van der Waals surface area contributed by atoms with E-state index in [1.54, 1.807) is 0 Å². The number of rotatable bonds is 3. The Morgan fingerprint density at radius 1 is 1.37 bits per heavy atom. The number of piperazine rings is 1. The van der Waals surface area contributed by atoms with Gasteiger partial charge in [0.25, 0.3) is 0 Å². The first-order valence-corrected chi connectivity index (χ1v) is 8.12. The average molecular weight is 278 g/mol. The lowest BCUT2D eigenvalue weighted by Gasteiger charge is -2.41. The molecule has 1 aromatic heterocycles. The minimum absolute atomic E-state index is 0.0431. The number of amides is 1. The summed E-state index contributed by atoms with van der Waals surface area (Å²) in [6.45, 7) is 7.21. The number of thiophene rings is 1. The van der Waals surface area contributed by atoms with Crippen molar-refractivity contribution in [1.29, 1.82) is 0 Å². The summed E-state index contributed by atoms with van der Waals surface area (Å²) in [6.07, 6.45) is 3.46. The molecule has 0 bridgehead atoms. The van der Waals surface area contributed by atoms with E-state index in [0.29, 0.717) is 11.9 Å². The fraction of sp³-hybridized carbons (Fsp3) is 0.667. The normalized spacial score (nSPS) is 27.9. The summed E-state index contributed by atoms with van der Waals surface area (Å²) in [6, 6.07) is 4.95. The second-order valence-electron chi connectivity index (χ2n) is 5.65. The van der Waals surface area contributed by atoms with Crippen molar-refractivity contribution in [2.24, 2.45) is 0 Å². The Labute approximate surface area is 119 Å². The van der Waals surface area contributed by atoms with E-state index in [1.807, 2.05) is 11.3 Å². The molecule has 2 aliphatic rings. The maximum atomic E-state index is 12.4. The molecular weight excluding hydrogens is 256 g/mol. The van der Waals surface area contributed by atoms with E-state index in [4.69, 9.17) is 0 Å². The van der Waals surface area contributed by atoms with Gasteiger partial charge in [-0.25, -0.2) is 0 Å². The minimum atomic E-state index is 0.0431. The number of carbonyl (C=O) groups excluding carboxylic acids is 1. The standard InChI is InChI=1S/C15H22N2OS/c1-3-13-6-7-14(19-13)10-16-9-12-5-4-8-17(12)15(18)11(16)2/h6-7,11-12H,3-5,8-10H2,1-2H3/t11-,12+/m1/s1. The van der Waals surface area contributed by atoms with Gasteiger partial charge >= 0.3 is 0 Å². The third kappa shape index (κ3) is 2.43. The highest BCUT2D eigenvalue weighted by Gasteiger charge is 2.40. The average Bonchev–Trinajstić information content (AvgIpc) is 3.04. The van der Waals surface area contributed by atoms with Gasteiger partial charge in [0.2, 0.25) is 5.91 Å². The molecule has 0 radical (unpaired) electrons. The summed E-state index contributed by atoms with van der Waals surface area (Å²) in [5, 5.41) is 0. The van der Waals surface area contributed by atoms with Crippen LogP contribution in [0, 0.1) is 0 Å². The van der Waals surface area contributed by atoms with Crippen LogP contribution in [0.25, 0.3) is 0 Å². The molecule has 2 fully saturated rings. The van der Waals surface area contributed by atoms with Crippen molar-refractivity contribution >= 4 is 17.2 Å². The third-order valence-corrected chi connectivity index (χ3v) is 5.65. The first-order chi connectivity index (χ1) is 9.19. The zero-order valence-corrected chi connectivity index (χ0v) is 12.6. The van der Waals surface area contributed by atoms with Crippen molar-refractivity contribution < 1.29 is 4.79 Å². The maximum Gasteiger partial charge on any atom is 0.239 e. The lowest BCUT2D eigenvalue weighted by atomic mass is 10.1. The molecule has 3 rings (SSSR count). The van der Waals surface area contributed by atoms with E-state index >= 15 is 0 Å². The van der Waals surface area contributed by atoms with E-state index in [1.165, 1.54) is 22.6 Å². The molecule has 19 heavy (non-hydrogen) atoms. The van der Waals surface area contributed by atoms with E-state index in [0.717, 1.165) is 26.1 Å². The van der Waals surface area contributed by atoms with Crippen LogP contribution in [-0.2, 0) is 17.8 Å². The molecule has 0 saturated carbocycles. The molecule has 2 aliphatic heterocycles. The highest BCUT2D eigenvalue weighted by molar-refractivity contribution is 7.11. The number of hydrogen-bond acceptors (Lipinski definition) is 3. The summed E-state index contributed by atoms with van der Waals surface area (Å²) in [5.74, 6) is 0.334. The predicted molar refractivity (Wildman–Crippen MR) is 78.3 cm³/mol. The van der Waals surface area contributed by atoms with Gasteiger partial charge in [-0.2, -0.15) is 0 Å². The molecule has 0 unspecified atom stereocenters. The number of aryl methyl sites for hydroxylation is 1. The van der Waals surface area contributed by atoms with Crippen molar-refractivity contribution in [3.8, 4) is 0 Å². The summed E-state index contributed by atoms with van der Waals surface area (Å²) in [7, 11) is 0. The minimum Gasteiger partial charge on any atom is -0.337 e. The van der Waals surface area contributed by atoms with Crippen LogP contribution < -0.4 is 0 Å². The number of carbonyl (C=O) groups is 1. The third-order valence-electron chi connectivity index (χ3n) is 4.44. The summed E-state index contributed by atoms with van der Waals surface area (Å²) >= 11 is 1.89. The molecule has 0 spiro atoms. The predicted octanol–water partition coefficient (Wildman–Crippen LogP) is 2.51. The Bertz CT molecular complexity index is 470. The summed E-state index contributed by atoms with van der Waals surface area (Å²) in [4.78, 5) is 19.7. The first-order valence-electron chi connectivity index (χ1n) is 7.31. The van der Waals surface area contributed by atoms with Crippen LogP contribution in [0.2, 0.25) is 0 Å². The van der Waals surface area contributed by atoms with E-state index < -0.39 is 0 Å². The van der Waals surface area contributed by atoms with Gasteiger partial charge in [0.1, 0.15) is 0 Å². The molecule has 0 N–H and O–H groups in total. The van der Waals surface area contributed by atoms with Crippen LogP contribution in [0.1, 0.15) is 36.4 Å². The SMILES string of the molecule is CCc1ccc(CN2C[C@@H]3CCCN3C(=O)[C@H]2C)s1. The van der Waals surface area contributed by atoms with Gasteiger partial charge in [0, 0.05) is 35.4 Å². The van der Waals surface area contributed by atoms with Gasteiger partial charge in [-0.1, -0.05) is 6.92 Å². The smallest absolute Gasteiger partial charge is 0.239 e. The maximum absolute atomic E-state index is 12.4. The fourth-order valence-electron chi connectivity index (χ4n) is 3.24. The molecule has 2 atom stereocenters. The molecule has 3 nitrogen and oxygen atoms in total. The van der Waals surface area contributed by atoms with Crippen molar-refractivity contribution in [2.75, 3.05) is 13.1 Å². The highest BCUT2D eigenvalue weighted by Crippen LogP contribution is 2.28. The topological polar surface area (TPSA) is 23.6 Å². The van der Waals surface area contributed by atoms with Gasteiger partial charge in [-0.15, -0.1) is 11.3 Å². The molecule has 3 heterocycles. The number of hydrogen-bond donors (Lipinski definition) is 0. The van der Waals surface area contributed by atoms with Crippen LogP contribution in [0.3, 0.4) is 0 Å². The van der Waals surface area contributed by atoms with E-state index in [2.05, 4.69) is 35.8 Å². The van der Waals surface area contributed by atoms with Crippen LogP contribution in [0.15, 0.2) is 12.1 Å². The second kappa shape index (κ2) is 5.25. The van der Waals surface area contributed by atoms with Gasteiger partial charge in [-0.05, 0) is 38.3 Å². The van der Waals surface area contributed by atoms with Gasteiger partial charge < -0.3 is 4.90 Å². The monoisotopic (exact) mass is 278 g/mol. The van der Waals surface area contributed by atoms with Crippen LogP contribution in [0.4, 0.5) is 0 Å². The van der Waals surface area contributed by atoms with Gasteiger partial charge in [0.15, 0.2) is 0 Å². The largest absolute Gasteiger partial charge is 0.337 e. The molecule has 0 aromatic carbocycles. The number of fused-ring (bicyclic) bond motifs is 1. The molecule has 4 heteroatoms. The lowest BCUT2D eigenvalue weighted by molar-refractivity contribution is -0.143. The van der Waals surface area contributed by atoms with Crippen LogP contribution in [-0.4, -0.2) is 40.9 Å². The van der Waals surface area contributed by atoms with Crippen LogP contribution in [0.5, 0.6) is 0 Å². The Balaban J connectivity index is 1.71. The molecule has 0 aliphatic carbocycles. The van der Waals surface area contributed by atoms with Crippen molar-refractivity contribution in [3.63, 3.8) is 0 Å². The molecule has 1 amide bonds. The van der Waals surface area contributed by atoms with Gasteiger partial charge in [-0.3, -0.25) is 9.69 Å². The molecular formula is C15H22N2OS. The van der Waals surface area contributed by atoms with E-state index in [9.17, 15) is 4.79 Å². The lowest BCUT2D eigenvalue weighted by Crippen LogP contribution is -2.58. The zero-order valence-electron chi connectivity index (χ0n) is 11.8. The molecule has 1 aromatic rings. The van der Waals surface area contributed by atoms with Gasteiger partial charge in [0.05, 0.1) is 6.04 Å². The Kier molecular flexibility index (Phi) is 3.63. The Morgan fingerprint density at radius 2 is 2.16 bits per heavy atom. The first kappa shape index (κ1) is 13.1. The Hall–Kier alpha value is -0.870. The zero-order chi connectivity index (χ0) is 13.4. The second-order valence-corrected chi connectivity index (χ2v) is 6.91. The number of nitrogens with zero attached hydrogens (tertiary/aromatic N) is 2. The van der Waals surface area contributed by atoms with Crippen molar-refractivity contribution in [2.45, 2.75) is 51.7 Å². The molecule has 2 saturated heterocycles. The fourth-order valence-corrected chi connectivity index (χ4v) is 4.22. The Morgan fingerprint density at radius 3 is 2.89 bits per heavy atom. The van der Waals surface area contributed by atoms with Crippen LogP contribution >= 0.6 is 11.3 Å². The highest BCUT2D eigenvalue weighted by atomic mass is 32.1. The summed E-state index contributed by atoms with van der Waals surface area (Å²) in [5.41, 5.74) is 0. The van der Waals surface area contributed by atoms with Crippen molar-refractivity contribution in [3.05, 3.63) is 21.9 Å². The van der Waals surface area contributed by atoms with Crippen molar-refractivity contribution in [1.82, 2.24) is 9.80 Å². The summed E-state index contributed by atoms with van der Waals surface area (Å²) < 4.78 is 0. The molecule has 104 valence electrons.